The Morgan fingerprint density at radius 2 is 1.22 bits per heavy atom. The molecule has 4 nitrogen and oxygen atoms in total. The molecule has 0 spiro atoms. The fourth-order valence-corrected chi connectivity index (χ4v) is 5.67. The van der Waals surface area contributed by atoms with Crippen LogP contribution in [0.3, 0.4) is 0 Å². The minimum absolute atomic E-state index is 0.137. The number of aryl methyl sites for hydroxylation is 2. The first kappa shape index (κ1) is 22.6. The first-order chi connectivity index (χ1) is 15.4. The average Bonchev–Trinajstić information content (AvgIpc) is 2.74. The van der Waals surface area contributed by atoms with Gasteiger partial charge in [-0.25, -0.2) is 0 Å². The smallest absolute Gasteiger partial charge is 0.306 e. The molecule has 4 heteroatoms. The molecule has 0 unspecified atom stereocenters. The molecule has 0 radical (unpaired) electrons. The Bertz CT molecular complexity index is 929. The normalized spacial score (nSPS) is 23.5. The van der Waals surface area contributed by atoms with E-state index >= 15 is 0 Å². The fourth-order valence-electron chi connectivity index (χ4n) is 5.67. The topological polar surface area (TPSA) is 52.6 Å². The first-order valence-electron chi connectivity index (χ1n) is 12.0. The summed E-state index contributed by atoms with van der Waals surface area (Å²) in [5, 5.41) is 0. The van der Waals surface area contributed by atoms with Gasteiger partial charge in [-0.3, -0.25) is 9.59 Å². The predicted molar refractivity (Wildman–Crippen MR) is 124 cm³/mol. The maximum atomic E-state index is 12.4. The molecule has 32 heavy (non-hydrogen) atoms. The van der Waals surface area contributed by atoms with Crippen molar-refractivity contribution in [3.8, 4) is 0 Å². The highest BCUT2D eigenvalue weighted by Gasteiger charge is 2.45. The second-order valence-corrected chi connectivity index (χ2v) is 9.32. The van der Waals surface area contributed by atoms with E-state index in [4.69, 9.17) is 9.47 Å². The largest absolute Gasteiger partial charge is 0.457 e. The van der Waals surface area contributed by atoms with E-state index in [2.05, 4.69) is 50.2 Å². The van der Waals surface area contributed by atoms with Gasteiger partial charge in [0, 0.05) is 18.8 Å². The van der Waals surface area contributed by atoms with Crippen molar-refractivity contribution < 1.29 is 19.1 Å². The van der Waals surface area contributed by atoms with E-state index in [-0.39, 0.29) is 36.0 Å². The quantitative estimate of drug-likeness (QED) is 0.479. The third-order valence-corrected chi connectivity index (χ3v) is 6.99. The van der Waals surface area contributed by atoms with Crippen molar-refractivity contribution in [3.05, 3.63) is 69.8 Å². The summed E-state index contributed by atoms with van der Waals surface area (Å²) in [6.45, 7) is 8.29. The van der Waals surface area contributed by atoms with Crippen LogP contribution in [-0.2, 0) is 19.1 Å². The zero-order valence-corrected chi connectivity index (χ0v) is 19.6. The molecule has 0 fully saturated rings. The molecule has 2 aliphatic carbocycles. The molecule has 0 bridgehead atoms. The summed E-state index contributed by atoms with van der Waals surface area (Å²) in [5.41, 5.74) is 7.28. The molecule has 2 atom stereocenters. The number of fused-ring (bicyclic) bond motifs is 5. The number of hydrogen-bond donors (Lipinski definition) is 0. The minimum atomic E-state index is -0.247. The Morgan fingerprint density at radius 3 is 1.62 bits per heavy atom. The third-order valence-electron chi connectivity index (χ3n) is 6.99. The molecule has 170 valence electrons. The highest BCUT2D eigenvalue weighted by molar-refractivity contribution is 5.70. The highest BCUT2D eigenvalue weighted by Crippen LogP contribution is 2.55. The van der Waals surface area contributed by atoms with E-state index in [0.29, 0.717) is 12.8 Å². The first-order valence-corrected chi connectivity index (χ1v) is 12.0. The zero-order chi connectivity index (χ0) is 22.8. The van der Waals surface area contributed by atoms with Crippen LogP contribution in [-0.4, -0.2) is 11.9 Å². The van der Waals surface area contributed by atoms with Crippen molar-refractivity contribution in [1.29, 1.82) is 0 Å². The number of benzene rings is 2. The van der Waals surface area contributed by atoms with E-state index < -0.39 is 0 Å². The molecule has 0 aromatic heterocycles. The molecule has 0 saturated heterocycles. The monoisotopic (exact) mass is 434 g/mol. The maximum Gasteiger partial charge on any atom is 0.306 e. The van der Waals surface area contributed by atoms with Crippen LogP contribution in [0.4, 0.5) is 0 Å². The lowest BCUT2D eigenvalue weighted by molar-refractivity contribution is -0.152. The van der Waals surface area contributed by atoms with Gasteiger partial charge in [0.15, 0.2) is 0 Å². The Balaban J connectivity index is 1.80. The SMILES string of the molecule is CCCC(=O)O[C@H]1CC2C[C@H](OC(=O)CCC)c3cccc(C)c3C2c2c(C)cccc21. The van der Waals surface area contributed by atoms with Gasteiger partial charge in [-0.2, -0.15) is 0 Å². The molecule has 0 aliphatic heterocycles. The average molecular weight is 435 g/mol. The molecule has 4 rings (SSSR count). The summed E-state index contributed by atoms with van der Waals surface area (Å²) in [7, 11) is 0. The fraction of sp³-hybridized carbons (Fsp3) is 0.500. The van der Waals surface area contributed by atoms with E-state index in [1.807, 2.05) is 13.8 Å². The molecular formula is C28H34O4. The van der Waals surface area contributed by atoms with Gasteiger partial charge in [0.1, 0.15) is 12.2 Å². The summed E-state index contributed by atoms with van der Waals surface area (Å²) >= 11 is 0. The third kappa shape index (κ3) is 4.20. The van der Waals surface area contributed by atoms with Crippen LogP contribution >= 0.6 is 0 Å². The van der Waals surface area contributed by atoms with Gasteiger partial charge >= 0.3 is 11.9 Å². The standard InChI is InChI=1S/C28H34O4/c1-5-9-24(29)31-22-15-19-16-23(32-25(30)10-6-2)21-14-8-12-18(4)27(21)28(19)26-17(3)11-7-13-20(22)26/h7-8,11-14,19,22-23,28H,5-6,9-10,15-16H2,1-4H3/t19?,22-,23-,28?/m0/s1. The maximum absolute atomic E-state index is 12.4. The summed E-state index contributed by atoms with van der Waals surface area (Å²) in [6.07, 6.45) is 3.44. The second kappa shape index (κ2) is 9.48. The Labute approximate surface area is 191 Å². The van der Waals surface area contributed by atoms with Gasteiger partial charge in [0.2, 0.25) is 0 Å². The number of rotatable bonds is 6. The predicted octanol–water partition coefficient (Wildman–Crippen LogP) is 6.63. The molecule has 2 aromatic rings. The van der Waals surface area contributed by atoms with Crippen molar-refractivity contribution >= 4 is 11.9 Å². The van der Waals surface area contributed by atoms with Crippen molar-refractivity contribution in [2.75, 3.05) is 0 Å². The van der Waals surface area contributed by atoms with Gasteiger partial charge in [-0.05, 0) is 78.8 Å². The van der Waals surface area contributed by atoms with E-state index in [1.54, 1.807) is 0 Å². The van der Waals surface area contributed by atoms with Crippen LogP contribution in [0.2, 0.25) is 0 Å². The van der Waals surface area contributed by atoms with Crippen LogP contribution in [0, 0.1) is 19.8 Å². The lowest BCUT2D eigenvalue weighted by Crippen LogP contribution is -2.34. The van der Waals surface area contributed by atoms with Crippen LogP contribution in [0.25, 0.3) is 0 Å². The van der Waals surface area contributed by atoms with Crippen molar-refractivity contribution in [2.24, 2.45) is 5.92 Å². The van der Waals surface area contributed by atoms with Crippen LogP contribution in [0.1, 0.15) is 104 Å². The van der Waals surface area contributed by atoms with Crippen LogP contribution < -0.4 is 0 Å². The van der Waals surface area contributed by atoms with E-state index in [1.165, 1.54) is 22.3 Å². The summed E-state index contributed by atoms with van der Waals surface area (Å²) in [5.74, 6) is 0.198. The minimum Gasteiger partial charge on any atom is -0.457 e. The van der Waals surface area contributed by atoms with Crippen molar-refractivity contribution in [2.45, 2.75) is 84.3 Å². The van der Waals surface area contributed by atoms with Gasteiger partial charge < -0.3 is 9.47 Å². The second-order valence-electron chi connectivity index (χ2n) is 9.32. The summed E-state index contributed by atoms with van der Waals surface area (Å²) in [4.78, 5) is 24.8. The van der Waals surface area contributed by atoms with E-state index in [0.717, 1.165) is 36.8 Å². The Morgan fingerprint density at radius 1 is 0.781 bits per heavy atom. The molecular weight excluding hydrogens is 400 g/mol. The lowest BCUT2D eigenvalue weighted by Gasteiger charge is -2.45. The Kier molecular flexibility index (Phi) is 6.68. The summed E-state index contributed by atoms with van der Waals surface area (Å²) in [6, 6.07) is 12.7. The van der Waals surface area contributed by atoms with Crippen LogP contribution in [0.5, 0.6) is 0 Å². The molecule has 0 heterocycles. The number of hydrogen-bond acceptors (Lipinski definition) is 4. The van der Waals surface area contributed by atoms with Crippen molar-refractivity contribution in [3.63, 3.8) is 0 Å². The van der Waals surface area contributed by atoms with Gasteiger partial charge in [0.05, 0.1) is 0 Å². The molecule has 0 saturated carbocycles. The number of ether oxygens (including phenoxy) is 2. The number of esters is 2. The molecule has 2 aliphatic rings. The van der Waals surface area contributed by atoms with Gasteiger partial charge in [-0.15, -0.1) is 0 Å². The summed E-state index contributed by atoms with van der Waals surface area (Å²) < 4.78 is 12.0. The van der Waals surface area contributed by atoms with E-state index in [9.17, 15) is 9.59 Å². The molecule has 0 N–H and O–H groups in total. The zero-order valence-electron chi connectivity index (χ0n) is 19.6. The van der Waals surface area contributed by atoms with Gasteiger partial charge in [-0.1, -0.05) is 50.2 Å². The molecule has 0 amide bonds. The van der Waals surface area contributed by atoms with Crippen LogP contribution in [0.15, 0.2) is 36.4 Å². The van der Waals surface area contributed by atoms with Gasteiger partial charge in [0.25, 0.3) is 0 Å². The van der Waals surface area contributed by atoms with Crippen molar-refractivity contribution in [1.82, 2.24) is 0 Å². The lowest BCUT2D eigenvalue weighted by atomic mass is 9.62. The highest BCUT2D eigenvalue weighted by atomic mass is 16.5. The number of carbonyl (C=O) groups is 2. The molecule has 2 aromatic carbocycles. The number of carbonyl (C=O) groups excluding carboxylic acids is 2. The Hall–Kier alpha value is -2.62.